The molecular weight excluding hydrogens is 240 g/mol. The number of nitrogens with zero attached hydrogens (tertiary/aromatic N) is 1. The van der Waals surface area contributed by atoms with E-state index in [1.807, 2.05) is 19.2 Å². The van der Waals surface area contributed by atoms with Gasteiger partial charge in [0, 0.05) is 23.2 Å². The minimum Gasteiger partial charge on any atom is -0.387 e. The molecule has 0 saturated heterocycles. The summed E-state index contributed by atoms with van der Waals surface area (Å²) in [5, 5.41) is 11.8. The summed E-state index contributed by atoms with van der Waals surface area (Å²) in [6.07, 6.45) is 0. The number of aryl methyl sites for hydroxylation is 1. The quantitative estimate of drug-likeness (QED) is 0.790. The average Bonchev–Trinajstić information content (AvgIpc) is 2.77. The first-order valence-electron chi connectivity index (χ1n) is 5.53. The van der Waals surface area contributed by atoms with Gasteiger partial charge in [0.15, 0.2) is 0 Å². The lowest BCUT2D eigenvalue weighted by Crippen LogP contribution is -1.85. The number of anilines is 1. The molecule has 1 aromatic carbocycles. The fraction of sp³-hybridized carbons (Fsp3) is 0.133. The van der Waals surface area contributed by atoms with Gasteiger partial charge in [-0.1, -0.05) is 11.8 Å². The Morgan fingerprint density at radius 3 is 2.33 bits per heavy atom. The molecule has 0 fully saturated rings. The molecule has 0 aliphatic carbocycles. The minimum atomic E-state index is 0.657. The van der Waals surface area contributed by atoms with E-state index in [9.17, 15) is 0 Å². The number of rotatable bonds is 1. The van der Waals surface area contributed by atoms with Crippen molar-refractivity contribution in [2.24, 2.45) is 0 Å². The van der Waals surface area contributed by atoms with Crippen LogP contribution in [0.4, 0.5) is 5.69 Å². The van der Waals surface area contributed by atoms with Crippen LogP contribution in [0.2, 0.25) is 0 Å². The second kappa shape index (κ2) is 5.40. The van der Waals surface area contributed by atoms with E-state index in [-0.39, 0.29) is 0 Å². The number of hydrogen-bond acceptors (Lipinski definition) is 3. The lowest BCUT2D eigenvalue weighted by Gasteiger charge is -1.92. The van der Waals surface area contributed by atoms with Crippen LogP contribution in [0.15, 0.2) is 30.3 Å². The van der Waals surface area contributed by atoms with Gasteiger partial charge in [-0.3, -0.25) is 0 Å². The third-order valence-corrected chi connectivity index (χ3v) is 3.50. The van der Waals surface area contributed by atoms with E-state index in [0.29, 0.717) is 5.56 Å². The van der Waals surface area contributed by atoms with Gasteiger partial charge in [-0.2, -0.15) is 5.26 Å². The molecule has 0 unspecified atom stereocenters. The zero-order valence-corrected chi connectivity index (χ0v) is 11.1. The van der Waals surface area contributed by atoms with Gasteiger partial charge in [-0.25, -0.2) is 0 Å². The summed E-state index contributed by atoms with van der Waals surface area (Å²) in [7, 11) is 1.91. The molecule has 0 bridgehead atoms. The van der Waals surface area contributed by atoms with E-state index in [2.05, 4.69) is 36.2 Å². The van der Waals surface area contributed by atoms with Gasteiger partial charge in [-0.15, -0.1) is 11.3 Å². The summed E-state index contributed by atoms with van der Waals surface area (Å²) < 4.78 is 0. The standard InChI is InChI=1S/C15H12N2S/c1-11-15(17-2)9-14(18-11)8-7-12-3-5-13(10-16)6-4-12/h3-6,9,17H,1-2H3. The van der Waals surface area contributed by atoms with Crippen LogP contribution >= 0.6 is 11.3 Å². The number of nitrogens with one attached hydrogen (secondary N) is 1. The van der Waals surface area contributed by atoms with Crippen molar-refractivity contribution in [2.45, 2.75) is 6.92 Å². The van der Waals surface area contributed by atoms with E-state index in [1.54, 1.807) is 23.5 Å². The Labute approximate surface area is 111 Å². The molecule has 1 N–H and O–H groups in total. The number of benzene rings is 1. The van der Waals surface area contributed by atoms with Crippen molar-refractivity contribution in [1.29, 1.82) is 5.26 Å². The molecule has 0 aliphatic heterocycles. The van der Waals surface area contributed by atoms with Crippen LogP contribution in [0.25, 0.3) is 0 Å². The van der Waals surface area contributed by atoms with Gasteiger partial charge in [0.1, 0.15) is 0 Å². The number of hydrogen-bond donors (Lipinski definition) is 1. The van der Waals surface area contributed by atoms with Gasteiger partial charge < -0.3 is 5.32 Å². The Morgan fingerprint density at radius 2 is 1.78 bits per heavy atom. The molecule has 2 aromatic rings. The second-order valence-electron chi connectivity index (χ2n) is 3.77. The fourth-order valence-electron chi connectivity index (χ4n) is 1.55. The smallest absolute Gasteiger partial charge is 0.0991 e. The van der Waals surface area contributed by atoms with Crippen molar-refractivity contribution in [1.82, 2.24) is 0 Å². The van der Waals surface area contributed by atoms with Crippen LogP contribution in [0.3, 0.4) is 0 Å². The Balaban J connectivity index is 2.22. The molecule has 18 heavy (non-hydrogen) atoms. The molecule has 88 valence electrons. The first-order chi connectivity index (χ1) is 8.72. The number of nitriles is 1. The second-order valence-corrected chi connectivity index (χ2v) is 5.03. The first-order valence-corrected chi connectivity index (χ1v) is 6.35. The SMILES string of the molecule is CNc1cc(C#Cc2ccc(C#N)cc2)sc1C. The van der Waals surface area contributed by atoms with Gasteiger partial charge in [0.05, 0.1) is 16.5 Å². The summed E-state index contributed by atoms with van der Waals surface area (Å²) in [5.41, 5.74) is 2.71. The van der Waals surface area contributed by atoms with E-state index in [1.165, 1.54) is 4.88 Å². The normalized spacial score (nSPS) is 9.17. The molecule has 0 spiro atoms. The minimum absolute atomic E-state index is 0.657. The summed E-state index contributed by atoms with van der Waals surface area (Å²) in [5.74, 6) is 6.24. The van der Waals surface area contributed by atoms with Crippen molar-refractivity contribution in [3.05, 3.63) is 51.2 Å². The fourth-order valence-corrected chi connectivity index (χ4v) is 2.43. The van der Waals surface area contributed by atoms with Crippen LogP contribution in [0.1, 0.15) is 20.9 Å². The maximum absolute atomic E-state index is 8.71. The summed E-state index contributed by atoms with van der Waals surface area (Å²) in [6.45, 7) is 2.07. The highest BCUT2D eigenvalue weighted by Gasteiger charge is 2.00. The molecular formula is C15H12N2S. The molecule has 0 amide bonds. The Bertz CT molecular complexity index is 649. The van der Waals surface area contributed by atoms with Crippen LogP contribution in [0, 0.1) is 30.1 Å². The van der Waals surface area contributed by atoms with E-state index in [0.717, 1.165) is 16.1 Å². The van der Waals surface area contributed by atoms with Crippen LogP contribution in [0.5, 0.6) is 0 Å². The molecule has 0 atom stereocenters. The van der Waals surface area contributed by atoms with Gasteiger partial charge in [0.2, 0.25) is 0 Å². The highest BCUT2D eigenvalue weighted by atomic mass is 32.1. The molecule has 0 radical (unpaired) electrons. The van der Waals surface area contributed by atoms with Gasteiger partial charge in [0.25, 0.3) is 0 Å². The monoisotopic (exact) mass is 252 g/mol. The average molecular weight is 252 g/mol. The molecule has 3 heteroatoms. The predicted octanol–water partition coefficient (Wildman–Crippen LogP) is 3.37. The van der Waals surface area contributed by atoms with Crippen molar-refractivity contribution in [3.8, 4) is 17.9 Å². The van der Waals surface area contributed by atoms with E-state index >= 15 is 0 Å². The van der Waals surface area contributed by atoms with Gasteiger partial charge in [-0.05, 0) is 37.3 Å². The zero-order chi connectivity index (χ0) is 13.0. The predicted molar refractivity (Wildman–Crippen MR) is 75.7 cm³/mol. The first kappa shape index (κ1) is 12.2. The molecule has 2 nitrogen and oxygen atoms in total. The lowest BCUT2D eigenvalue weighted by molar-refractivity contribution is 1.48. The maximum atomic E-state index is 8.71. The molecule has 1 aromatic heterocycles. The zero-order valence-electron chi connectivity index (χ0n) is 10.2. The Kier molecular flexibility index (Phi) is 3.67. The largest absolute Gasteiger partial charge is 0.387 e. The third kappa shape index (κ3) is 2.71. The van der Waals surface area contributed by atoms with Crippen molar-refractivity contribution in [2.75, 3.05) is 12.4 Å². The van der Waals surface area contributed by atoms with Crippen LogP contribution < -0.4 is 5.32 Å². The summed E-state index contributed by atoms with van der Waals surface area (Å²) >= 11 is 1.68. The summed E-state index contributed by atoms with van der Waals surface area (Å²) in [4.78, 5) is 2.28. The van der Waals surface area contributed by atoms with Crippen molar-refractivity contribution >= 4 is 17.0 Å². The van der Waals surface area contributed by atoms with E-state index in [4.69, 9.17) is 5.26 Å². The van der Waals surface area contributed by atoms with E-state index < -0.39 is 0 Å². The Morgan fingerprint density at radius 1 is 1.11 bits per heavy atom. The topological polar surface area (TPSA) is 35.8 Å². The molecule has 0 aliphatic rings. The molecule has 2 rings (SSSR count). The highest BCUT2D eigenvalue weighted by molar-refractivity contribution is 7.13. The van der Waals surface area contributed by atoms with Crippen molar-refractivity contribution < 1.29 is 0 Å². The lowest BCUT2D eigenvalue weighted by atomic mass is 10.1. The number of thiophene rings is 1. The Hall–Kier alpha value is -2.23. The van der Waals surface area contributed by atoms with Gasteiger partial charge >= 0.3 is 0 Å². The van der Waals surface area contributed by atoms with Crippen molar-refractivity contribution in [3.63, 3.8) is 0 Å². The van der Waals surface area contributed by atoms with Crippen LogP contribution in [-0.4, -0.2) is 7.05 Å². The summed E-state index contributed by atoms with van der Waals surface area (Å²) in [6, 6.07) is 11.4. The maximum Gasteiger partial charge on any atom is 0.0991 e. The molecule has 0 saturated carbocycles. The van der Waals surface area contributed by atoms with Crippen LogP contribution in [-0.2, 0) is 0 Å². The molecule has 1 heterocycles. The third-order valence-electron chi connectivity index (χ3n) is 2.53. The highest BCUT2D eigenvalue weighted by Crippen LogP contribution is 2.24.